The van der Waals surface area contributed by atoms with Gasteiger partial charge in [0.05, 0.1) is 24.5 Å². The van der Waals surface area contributed by atoms with Gasteiger partial charge >= 0.3 is 6.03 Å². The van der Waals surface area contributed by atoms with E-state index < -0.39 is 0 Å². The molecule has 1 heterocycles. The molecule has 1 N–H and O–H groups in total. The summed E-state index contributed by atoms with van der Waals surface area (Å²) in [6.45, 7) is 6.33. The highest BCUT2D eigenvalue weighted by Gasteiger charge is 2.26. The summed E-state index contributed by atoms with van der Waals surface area (Å²) < 4.78 is 16.4. The third-order valence-corrected chi connectivity index (χ3v) is 3.59. The second-order valence-corrected chi connectivity index (χ2v) is 5.78. The molecule has 1 saturated heterocycles. The standard InChI is InChI=1S/C17H26N2O4/c1-13-11-19(12-14(2)23-13)17(20)18-15-7-4-5-8-16(15)22-10-6-9-21-3/h4-5,7-8,13-14H,6,9-12H2,1-3H3,(H,18,20)/t13-,14-/m1/s1. The van der Waals surface area contributed by atoms with Gasteiger partial charge in [0.1, 0.15) is 5.75 Å². The number of methoxy groups -OCH3 is 1. The number of anilines is 1. The number of rotatable bonds is 6. The molecule has 6 heteroatoms. The maximum atomic E-state index is 12.5. The van der Waals surface area contributed by atoms with Crippen LogP contribution in [0.3, 0.4) is 0 Å². The predicted octanol–water partition coefficient (Wildman–Crippen LogP) is 2.74. The summed E-state index contributed by atoms with van der Waals surface area (Å²) in [7, 11) is 1.67. The maximum Gasteiger partial charge on any atom is 0.322 e. The zero-order valence-corrected chi connectivity index (χ0v) is 14.1. The van der Waals surface area contributed by atoms with Crippen molar-refractivity contribution in [3.05, 3.63) is 24.3 Å². The molecular formula is C17H26N2O4. The molecule has 0 aliphatic carbocycles. The number of morpholine rings is 1. The summed E-state index contributed by atoms with van der Waals surface area (Å²) in [5.74, 6) is 0.673. The maximum absolute atomic E-state index is 12.5. The van der Waals surface area contributed by atoms with Crippen molar-refractivity contribution in [1.82, 2.24) is 4.90 Å². The lowest BCUT2D eigenvalue weighted by Crippen LogP contribution is -2.49. The van der Waals surface area contributed by atoms with Crippen LogP contribution in [0, 0.1) is 0 Å². The van der Waals surface area contributed by atoms with Crippen LogP contribution in [-0.4, -0.2) is 56.6 Å². The third kappa shape index (κ3) is 5.41. The Kier molecular flexibility index (Phi) is 6.67. The normalized spacial score (nSPS) is 21.1. The smallest absolute Gasteiger partial charge is 0.322 e. The number of urea groups is 1. The van der Waals surface area contributed by atoms with Gasteiger partial charge in [0, 0.05) is 33.2 Å². The summed E-state index contributed by atoms with van der Waals surface area (Å²) in [5.41, 5.74) is 0.682. The van der Waals surface area contributed by atoms with Gasteiger partial charge in [-0.1, -0.05) is 12.1 Å². The summed E-state index contributed by atoms with van der Waals surface area (Å²) in [6.07, 6.45) is 0.896. The minimum atomic E-state index is -0.125. The first-order chi connectivity index (χ1) is 11.1. The summed E-state index contributed by atoms with van der Waals surface area (Å²) >= 11 is 0. The van der Waals surface area contributed by atoms with Crippen LogP contribution in [-0.2, 0) is 9.47 Å². The molecule has 23 heavy (non-hydrogen) atoms. The summed E-state index contributed by atoms with van der Waals surface area (Å²) in [4.78, 5) is 14.2. The fraction of sp³-hybridized carbons (Fsp3) is 0.588. The molecule has 0 radical (unpaired) electrons. The number of ether oxygens (including phenoxy) is 3. The van der Waals surface area contributed by atoms with Crippen molar-refractivity contribution in [3.63, 3.8) is 0 Å². The molecule has 128 valence electrons. The van der Waals surface area contributed by atoms with Crippen molar-refractivity contribution in [2.75, 3.05) is 38.7 Å². The van der Waals surface area contributed by atoms with Crippen molar-refractivity contribution >= 4 is 11.7 Å². The van der Waals surface area contributed by atoms with Crippen molar-refractivity contribution in [2.45, 2.75) is 32.5 Å². The minimum Gasteiger partial charge on any atom is -0.491 e. The van der Waals surface area contributed by atoms with Crippen LogP contribution < -0.4 is 10.1 Å². The molecule has 1 aromatic rings. The second-order valence-electron chi connectivity index (χ2n) is 5.78. The van der Waals surface area contributed by atoms with E-state index in [4.69, 9.17) is 14.2 Å². The Morgan fingerprint density at radius 3 is 2.65 bits per heavy atom. The average Bonchev–Trinajstić information content (AvgIpc) is 2.52. The van der Waals surface area contributed by atoms with E-state index >= 15 is 0 Å². The molecule has 0 bridgehead atoms. The molecule has 0 saturated carbocycles. The fourth-order valence-corrected chi connectivity index (χ4v) is 2.62. The highest BCUT2D eigenvalue weighted by atomic mass is 16.5. The van der Waals surface area contributed by atoms with E-state index in [9.17, 15) is 4.79 Å². The number of para-hydroxylation sites is 2. The van der Waals surface area contributed by atoms with E-state index in [1.54, 1.807) is 12.0 Å². The van der Waals surface area contributed by atoms with E-state index in [-0.39, 0.29) is 18.2 Å². The monoisotopic (exact) mass is 322 g/mol. The molecule has 0 unspecified atom stereocenters. The summed E-state index contributed by atoms with van der Waals surface area (Å²) in [6, 6.07) is 7.34. The van der Waals surface area contributed by atoms with E-state index in [0.717, 1.165) is 6.42 Å². The van der Waals surface area contributed by atoms with E-state index in [1.807, 2.05) is 38.1 Å². The molecule has 2 rings (SSSR count). The number of carbonyl (C=O) groups excluding carboxylic acids is 1. The highest BCUT2D eigenvalue weighted by Crippen LogP contribution is 2.24. The first-order valence-electron chi connectivity index (χ1n) is 8.02. The van der Waals surface area contributed by atoms with Crippen LogP contribution in [0.15, 0.2) is 24.3 Å². The number of hydrogen-bond donors (Lipinski definition) is 1. The number of hydrogen-bond acceptors (Lipinski definition) is 4. The van der Waals surface area contributed by atoms with Crippen LogP contribution in [0.25, 0.3) is 0 Å². The van der Waals surface area contributed by atoms with Crippen LogP contribution >= 0.6 is 0 Å². The summed E-state index contributed by atoms with van der Waals surface area (Å²) in [5, 5.41) is 2.94. The van der Waals surface area contributed by atoms with Gasteiger partial charge in [0.2, 0.25) is 0 Å². The van der Waals surface area contributed by atoms with Gasteiger partial charge in [-0.05, 0) is 26.0 Å². The van der Waals surface area contributed by atoms with Gasteiger partial charge in [-0.15, -0.1) is 0 Å². The number of nitrogens with one attached hydrogen (secondary N) is 1. The lowest BCUT2D eigenvalue weighted by molar-refractivity contribution is -0.0530. The first kappa shape index (κ1) is 17.6. The Morgan fingerprint density at radius 1 is 1.26 bits per heavy atom. The largest absolute Gasteiger partial charge is 0.491 e. The Labute approximate surface area is 137 Å². The van der Waals surface area contributed by atoms with Crippen molar-refractivity contribution in [3.8, 4) is 5.75 Å². The molecule has 1 aromatic carbocycles. The molecule has 1 fully saturated rings. The number of carbonyl (C=O) groups is 1. The first-order valence-corrected chi connectivity index (χ1v) is 8.02. The molecule has 2 amide bonds. The lowest BCUT2D eigenvalue weighted by atomic mass is 10.2. The van der Waals surface area contributed by atoms with Crippen molar-refractivity contribution in [1.29, 1.82) is 0 Å². The van der Waals surface area contributed by atoms with Gasteiger partial charge in [-0.2, -0.15) is 0 Å². The zero-order valence-electron chi connectivity index (χ0n) is 14.1. The Hall–Kier alpha value is -1.79. The SMILES string of the molecule is COCCCOc1ccccc1NC(=O)N1C[C@@H](C)O[C@H](C)C1. The lowest BCUT2D eigenvalue weighted by Gasteiger charge is -2.35. The van der Waals surface area contributed by atoms with Crippen LogP contribution in [0.1, 0.15) is 20.3 Å². The van der Waals surface area contributed by atoms with Crippen LogP contribution in [0.4, 0.5) is 10.5 Å². The third-order valence-electron chi connectivity index (χ3n) is 3.59. The average molecular weight is 322 g/mol. The van der Waals surface area contributed by atoms with E-state index in [2.05, 4.69) is 5.32 Å². The Balaban J connectivity index is 1.94. The van der Waals surface area contributed by atoms with Gasteiger partial charge in [0.25, 0.3) is 0 Å². The van der Waals surface area contributed by atoms with E-state index in [1.165, 1.54) is 0 Å². The zero-order chi connectivity index (χ0) is 16.7. The molecule has 0 spiro atoms. The Morgan fingerprint density at radius 2 is 1.96 bits per heavy atom. The number of nitrogens with zero attached hydrogens (tertiary/aromatic N) is 1. The van der Waals surface area contributed by atoms with Gasteiger partial charge in [-0.25, -0.2) is 4.79 Å². The molecular weight excluding hydrogens is 296 g/mol. The van der Waals surface area contributed by atoms with Gasteiger partial charge < -0.3 is 24.4 Å². The minimum absolute atomic E-state index is 0.0463. The van der Waals surface area contributed by atoms with Gasteiger partial charge in [0.15, 0.2) is 0 Å². The van der Waals surface area contributed by atoms with Crippen LogP contribution in [0.2, 0.25) is 0 Å². The van der Waals surface area contributed by atoms with Crippen molar-refractivity contribution < 1.29 is 19.0 Å². The number of benzene rings is 1. The predicted molar refractivity (Wildman–Crippen MR) is 89.0 cm³/mol. The quantitative estimate of drug-likeness (QED) is 0.818. The topological polar surface area (TPSA) is 60.0 Å². The molecule has 2 atom stereocenters. The fourth-order valence-electron chi connectivity index (χ4n) is 2.62. The molecule has 1 aliphatic heterocycles. The van der Waals surface area contributed by atoms with E-state index in [0.29, 0.717) is 37.7 Å². The molecule has 6 nitrogen and oxygen atoms in total. The Bertz CT molecular complexity index is 499. The second kappa shape index (κ2) is 8.74. The van der Waals surface area contributed by atoms with Crippen LogP contribution in [0.5, 0.6) is 5.75 Å². The number of amides is 2. The highest BCUT2D eigenvalue weighted by molar-refractivity contribution is 5.91. The van der Waals surface area contributed by atoms with Crippen molar-refractivity contribution in [2.24, 2.45) is 0 Å². The molecule has 1 aliphatic rings. The molecule has 0 aromatic heterocycles. The van der Waals surface area contributed by atoms with Gasteiger partial charge in [-0.3, -0.25) is 0 Å².